The summed E-state index contributed by atoms with van der Waals surface area (Å²) < 4.78 is 5.48. The zero-order valence-corrected chi connectivity index (χ0v) is 16.8. The van der Waals surface area contributed by atoms with E-state index in [0.29, 0.717) is 19.2 Å². The zero-order valence-electron chi connectivity index (χ0n) is 16.0. The third-order valence-corrected chi connectivity index (χ3v) is 5.61. The number of phenols is 1. The zero-order chi connectivity index (χ0) is 19.5. The van der Waals surface area contributed by atoms with Gasteiger partial charge >= 0.3 is 0 Å². The number of aromatic hydroxyl groups is 1. The second-order valence-electron chi connectivity index (χ2n) is 6.55. The Morgan fingerprint density at radius 3 is 2.75 bits per heavy atom. The van der Waals surface area contributed by atoms with Crippen molar-refractivity contribution in [3.05, 3.63) is 41.4 Å². The van der Waals surface area contributed by atoms with E-state index < -0.39 is 0 Å². The van der Waals surface area contributed by atoms with Crippen LogP contribution in [0.15, 0.2) is 35.8 Å². The Morgan fingerprint density at radius 2 is 2.07 bits per heavy atom. The molecule has 0 spiro atoms. The molecule has 1 aliphatic heterocycles. The van der Waals surface area contributed by atoms with Crippen molar-refractivity contribution in [3.63, 3.8) is 0 Å². The van der Waals surface area contributed by atoms with E-state index in [2.05, 4.69) is 16.8 Å². The maximum absolute atomic E-state index is 10.00. The predicted octanol–water partition coefficient (Wildman–Crippen LogP) is 3.47. The van der Waals surface area contributed by atoms with Gasteiger partial charge in [0.2, 0.25) is 5.95 Å². The number of ether oxygens (including phenoxy) is 1. The Labute approximate surface area is 168 Å². The number of nitrogens with zero attached hydrogens (tertiary/aromatic N) is 5. The van der Waals surface area contributed by atoms with Crippen LogP contribution in [-0.2, 0) is 11.2 Å². The van der Waals surface area contributed by atoms with Gasteiger partial charge in [-0.1, -0.05) is 19.1 Å². The fourth-order valence-electron chi connectivity index (χ4n) is 3.33. The Morgan fingerprint density at radius 1 is 1.25 bits per heavy atom. The van der Waals surface area contributed by atoms with Gasteiger partial charge in [0, 0.05) is 42.8 Å². The van der Waals surface area contributed by atoms with E-state index in [0.717, 1.165) is 47.3 Å². The highest BCUT2D eigenvalue weighted by molar-refractivity contribution is 7.13. The van der Waals surface area contributed by atoms with Gasteiger partial charge in [0.25, 0.3) is 0 Å². The van der Waals surface area contributed by atoms with E-state index in [1.807, 2.05) is 29.5 Å². The van der Waals surface area contributed by atoms with Crippen LogP contribution in [0.25, 0.3) is 11.3 Å². The van der Waals surface area contributed by atoms with Crippen LogP contribution in [0.2, 0.25) is 0 Å². The molecule has 0 saturated carbocycles. The lowest BCUT2D eigenvalue weighted by molar-refractivity contribution is 0.122. The van der Waals surface area contributed by atoms with Gasteiger partial charge in [-0.15, -0.1) is 11.3 Å². The quantitative estimate of drug-likeness (QED) is 0.706. The molecule has 8 heteroatoms. The van der Waals surface area contributed by atoms with Gasteiger partial charge in [-0.3, -0.25) is 0 Å². The monoisotopic (exact) mass is 397 g/mol. The van der Waals surface area contributed by atoms with Crippen LogP contribution in [0.5, 0.6) is 5.75 Å². The van der Waals surface area contributed by atoms with Crippen LogP contribution in [0.3, 0.4) is 0 Å². The number of aromatic nitrogens is 3. The molecule has 4 rings (SSSR count). The standard InChI is InChI=1S/C20H23N5O2S/c1-3-16-17(14-5-4-6-15(26)13-14)22-19(25-8-10-27-11-9-25)23-18(16)24(2)20-21-7-12-28-20/h4-7,12-13,26H,3,8-11H2,1-2H3. The molecule has 28 heavy (non-hydrogen) atoms. The second kappa shape index (κ2) is 8.12. The van der Waals surface area contributed by atoms with Gasteiger partial charge in [0.05, 0.1) is 18.9 Å². The first kappa shape index (κ1) is 18.6. The summed E-state index contributed by atoms with van der Waals surface area (Å²) in [6.07, 6.45) is 2.56. The molecule has 0 radical (unpaired) electrons. The van der Waals surface area contributed by atoms with E-state index in [9.17, 15) is 5.11 Å². The molecule has 1 fully saturated rings. The normalized spacial score (nSPS) is 14.3. The lowest BCUT2D eigenvalue weighted by Crippen LogP contribution is -2.37. The van der Waals surface area contributed by atoms with Crippen molar-refractivity contribution >= 4 is 28.2 Å². The van der Waals surface area contributed by atoms with Crippen molar-refractivity contribution in [1.29, 1.82) is 0 Å². The minimum atomic E-state index is 0.223. The van der Waals surface area contributed by atoms with E-state index in [-0.39, 0.29) is 5.75 Å². The Bertz CT molecular complexity index is 942. The number of hydrogen-bond donors (Lipinski definition) is 1. The Balaban J connectivity index is 1.89. The summed E-state index contributed by atoms with van der Waals surface area (Å²) in [6, 6.07) is 7.22. The van der Waals surface area contributed by atoms with E-state index in [4.69, 9.17) is 14.7 Å². The van der Waals surface area contributed by atoms with Crippen LogP contribution < -0.4 is 9.80 Å². The lowest BCUT2D eigenvalue weighted by Gasteiger charge is -2.29. The topological polar surface area (TPSA) is 74.6 Å². The first-order valence-electron chi connectivity index (χ1n) is 9.33. The van der Waals surface area contributed by atoms with E-state index in [1.54, 1.807) is 29.7 Å². The molecule has 3 heterocycles. The minimum Gasteiger partial charge on any atom is -0.508 e. The molecule has 0 amide bonds. The fraction of sp³-hybridized carbons (Fsp3) is 0.350. The van der Waals surface area contributed by atoms with Crippen molar-refractivity contribution in [2.24, 2.45) is 0 Å². The maximum atomic E-state index is 10.00. The summed E-state index contributed by atoms with van der Waals surface area (Å²) in [6.45, 7) is 4.94. The minimum absolute atomic E-state index is 0.223. The fourth-order valence-corrected chi connectivity index (χ4v) is 3.94. The summed E-state index contributed by atoms with van der Waals surface area (Å²) in [5.74, 6) is 1.74. The highest BCUT2D eigenvalue weighted by Gasteiger charge is 2.23. The molecular formula is C20H23N5O2S. The smallest absolute Gasteiger partial charge is 0.228 e. The van der Waals surface area contributed by atoms with Crippen LogP contribution in [0.4, 0.5) is 16.9 Å². The summed E-state index contributed by atoms with van der Waals surface area (Å²) in [7, 11) is 1.98. The first-order valence-corrected chi connectivity index (χ1v) is 10.2. The van der Waals surface area contributed by atoms with Gasteiger partial charge in [0.15, 0.2) is 5.13 Å². The van der Waals surface area contributed by atoms with Crippen LogP contribution >= 0.6 is 11.3 Å². The van der Waals surface area contributed by atoms with Crippen molar-refractivity contribution in [2.45, 2.75) is 13.3 Å². The highest BCUT2D eigenvalue weighted by Crippen LogP contribution is 2.35. The molecule has 146 valence electrons. The van der Waals surface area contributed by atoms with Gasteiger partial charge < -0.3 is 19.6 Å². The Hall–Kier alpha value is -2.71. The SMILES string of the molecule is CCc1c(-c2cccc(O)c2)nc(N2CCOCC2)nc1N(C)c1nccs1. The summed E-state index contributed by atoms with van der Waals surface area (Å²) >= 11 is 1.57. The van der Waals surface area contributed by atoms with Gasteiger partial charge in [0.1, 0.15) is 11.6 Å². The van der Waals surface area contributed by atoms with Gasteiger partial charge in [-0.05, 0) is 18.6 Å². The molecule has 0 atom stereocenters. The molecule has 1 saturated heterocycles. The number of thiazole rings is 1. The lowest BCUT2D eigenvalue weighted by atomic mass is 10.0. The van der Waals surface area contributed by atoms with Crippen LogP contribution in [0, 0.1) is 0 Å². The number of anilines is 3. The largest absolute Gasteiger partial charge is 0.508 e. The number of rotatable bonds is 5. The third-order valence-electron chi connectivity index (χ3n) is 4.76. The van der Waals surface area contributed by atoms with E-state index in [1.165, 1.54) is 0 Å². The molecule has 1 N–H and O–H groups in total. The molecule has 0 unspecified atom stereocenters. The molecule has 2 aromatic heterocycles. The van der Waals surface area contributed by atoms with Gasteiger partial charge in [-0.25, -0.2) is 9.97 Å². The van der Waals surface area contributed by atoms with Gasteiger partial charge in [-0.2, -0.15) is 4.98 Å². The average molecular weight is 398 g/mol. The van der Waals surface area contributed by atoms with Crippen LogP contribution in [0.1, 0.15) is 12.5 Å². The molecule has 0 bridgehead atoms. The number of benzene rings is 1. The summed E-state index contributed by atoms with van der Waals surface area (Å²) in [5.41, 5.74) is 2.75. The summed E-state index contributed by atoms with van der Waals surface area (Å²) in [4.78, 5) is 18.4. The number of phenolic OH excluding ortho intramolecular Hbond substituents is 1. The molecule has 3 aromatic rings. The molecular weight excluding hydrogens is 374 g/mol. The first-order chi connectivity index (χ1) is 13.7. The Kier molecular flexibility index (Phi) is 5.40. The average Bonchev–Trinajstić information content (AvgIpc) is 3.28. The highest BCUT2D eigenvalue weighted by atomic mass is 32.1. The maximum Gasteiger partial charge on any atom is 0.228 e. The van der Waals surface area contributed by atoms with Crippen LogP contribution in [-0.4, -0.2) is 53.4 Å². The molecule has 7 nitrogen and oxygen atoms in total. The molecule has 1 aromatic carbocycles. The molecule has 0 aliphatic carbocycles. The molecule has 1 aliphatic rings. The third kappa shape index (κ3) is 3.65. The predicted molar refractivity (Wildman–Crippen MR) is 112 cm³/mol. The van der Waals surface area contributed by atoms with Crippen molar-refractivity contribution in [3.8, 4) is 17.0 Å². The summed E-state index contributed by atoms with van der Waals surface area (Å²) in [5, 5.41) is 12.8. The number of morpholine rings is 1. The van der Waals surface area contributed by atoms with Crippen molar-refractivity contribution in [1.82, 2.24) is 15.0 Å². The van der Waals surface area contributed by atoms with Crippen molar-refractivity contribution < 1.29 is 9.84 Å². The van der Waals surface area contributed by atoms with Crippen molar-refractivity contribution in [2.75, 3.05) is 43.2 Å². The number of hydrogen-bond acceptors (Lipinski definition) is 8. The second-order valence-corrected chi connectivity index (χ2v) is 7.42. The van der Waals surface area contributed by atoms with E-state index >= 15 is 0 Å².